The van der Waals surface area contributed by atoms with Crippen molar-refractivity contribution in [2.24, 2.45) is 5.92 Å². The number of hydrogen-bond acceptors (Lipinski definition) is 5. The van der Waals surface area contributed by atoms with E-state index in [9.17, 15) is 9.59 Å². The van der Waals surface area contributed by atoms with Crippen LogP contribution in [-0.2, 0) is 20.7 Å². The lowest BCUT2D eigenvalue weighted by molar-refractivity contribution is -0.145. The Morgan fingerprint density at radius 3 is 3.06 bits per heavy atom. The molecule has 1 aliphatic rings. The molecular formula is C12H15N3O3. The van der Waals surface area contributed by atoms with E-state index >= 15 is 0 Å². The summed E-state index contributed by atoms with van der Waals surface area (Å²) >= 11 is 0. The molecule has 1 aromatic rings. The van der Waals surface area contributed by atoms with E-state index in [2.05, 4.69) is 14.7 Å². The summed E-state index contributed by atoms with van der Waals surface area (Å²) in [6.07, 6.45) is 5.80. The molecule has 1 fully saturated rings. The molecule has 1 aromatic heterocycles. The molecule has 1 unspecified atom stereocenters. The second-order valence-electron chi connectivity index (χ2n) is 4.21. The highest BCUT2D eigenvalue weighted by atomic mass is 16.5. The molecule has 1 saturated heterocycles. The quantitative estimate of drug-likeness (QED) is 0.704. The molecule has 0 aliphatic carbocycles. The number of esters is 1. The van der Waals surface area contributed by atoms with Gasteiger partial charge in [0.15, 0.2) is 0 Å². The predicted octanol–water partition coefficient (Wildman–Crippen LogP) is 0.0406. The number of aromatic nitrogens is 2. The monoisotopic (exact) mass is 249 g/mol. The highest BCUT2D eigenvalue weighted by Crippen LogP contribution is 2.19. The minimum Gasteiger partial charge on any atom is -0.469 e. The van der Waals surface area contributed by atoms with E-state index in [-0.39, 0.29) is 24.2 Å². The Kier molecular flexibility index (Phi) is 3.86. The van der Waals surface area contributed by atoms with Gasteiger partial charge in [-0.1, -0.05) is 0 Å². The number of ether oxygens (including phenoxy) is 1. The van der Waals surface area contributed by atoms with Crippen molar-refractivity contribution in [3.63, 3.8) is 0 Å². The van der Waals surface area contributed by atoms with Crippen molar-refractivity contribution in [3.05, 3.63) is 24.3 Å². The number of likely N-dealkylation sites (tertiary alicyclic amines) is 1. The van der Waals surface area contributed by atoms with Gasteiger partial charge in [0, 0.05) is 44.5 Å². The second-order valence-corrected chi connectivity index (χ2v) is 4.21. The number of carbonyl (C=O) groups is 2. The summed E-state index contributed by atoms with van der Waals surface area (Å²) in [5.74, 6) is -0.649. The van der Waals surface area contributed by atoms with Gasteiger partial charge in [-0.2, -0.15) is 0 Å². The first-order valence-electron chi connectivity index (χ1n) is 5.81. The normalized spacial score (nSPS) is 19.1. The van der Waals surface area contributed by atoms with Crippen molar-refractivity contribution in [2.75, 3.05) is 20.2 Å². The molecule has 2 rings (SSSR count). The number of rotatable bonds is 4. The first kappa shape index (κ1) is 12.5. The lowest BCUT2D eigenvalue weighted by atomic mass is 10.1. The van der Waals surface area contributed by atoms with E-state index in [1.165, 1.54) is 7.11 Å². The molecule has 0 bridgehead atoms. The van der Waals surface area contributed by atoms with Gasteiger partial charge < -0.3 is 9.64 Å². The van der Waals surface area contributed by atoms with Gasteiger partial charge in [0.25, 0.3) is 0 Å². The molecule has 0 radical (unpaired) electrons. The van der Waals surface area contributed by atoms with E-state index in [0.717, 1.165) is 5.69 Å². The van der Waals surface area contributed by atoms with Crippen LogP contribution in [0.5, 0.6) is 0 Å². The van der Waals surface area contributed by atoms with Gasteiger partial charge >= 0.3 is 5.97 Å². The topological polar surface area (TPSA) is 72.4 Å². The Hall–Kier alpha value is -1.98. The summed E-state index contributed by atoms with van der Waals surface area (Å²) in [5, 5.41) is 0. The zero-order valence-electron chi connectivity index (χ0n) is 10.2. The van der Waals surface area contributed by atoms with Gasteiger partial charge in [0.2, 0.25) is 5.91 Å². The van der Waals surface area contributed by atoms with E-state index in [1.807, 2.05) is 0 Å². The Labute approximate surface area is 105 Å². The average molecular weight is 249 g/mol. The molecule has 0 aromatic carbocycles. The maximum absolute atomic E-state index is 11.7. The summed E-state index contributed by atoms with van der Waals surface area (Å²) in [4.78, 5) is 32.8. The minimum atomic E-state index is -0.329. The van der Waals surface area contributed by atoms with E-state index in [1.54, 1.807) is 23.5 Å². The summed E-state index contributed by atoms with van der Waals surface area (Å²) in [6.45, 7) is 0.997. The van der Waals surface area contributed by atoms with Crippen LogP contribution in [0, 0.1) is 5.92 Å². The molecule has 2 heterocycles. The smallest absolute Gasteiger partial charge is 0.310 e. The molecule has 6 heteroatoms. The summed E-state index contributed by atoms with van der Waals surface area (Å²) < 4.78 is 4.65. The van der Waals surface area contributed by atoms with E-state index in [0.29, 0.717) is 19.5 Å². The van der Waals surface area contributed by atoms with Gasteiger partial charge in [0.05, 0.1) is 18.7 Å². The van der Waals surface area contributed by atoms with Crippen LogP contribution in [0.15, 0.2) is 18.6 Å². The van der Waals surface area contributed by atoms with Gasteiger partial charge in [-0.05, 0) is 0 Å². The summed E-state index contributed by atoms with van der Waals surface area (Å²) in [6, 6.07) is 0. The van der Waals surface area contributed by atoms with E-state index in [4.69, 9.17) is 0 Å². The summed E-state index contributed by atoms with van der Waals surface area (Å²) in [7, 11) is 1.34. The third-order valence-corrected chi connectivity index (χ3v) is 3.00. The molecule has 0 N–H and O–H groups in total. The van der Waals surface area contributed by atoms with Crippen LogP contribution in [0.3, 0.4) is 0 Å². The third kappa shape index (κ3) is 2.82. The molecule has 0 saturated carbocycles. The van der Waals surface area contributed by atoms with Crippen molar-refractivity contribution in [1.29, 1.82) is 0 Å². The first-order chi connectivity index (χ1) is 8.70. The van der Waals surface area contributed by atoms with Crippen molar-refractivity contribution in [3.8, 4) is 0 Å². The summed E-state index contributed by atoms with van der Waals surface area (Å²) in [5.41, 5.74) is 0.840. The Morgan fingerprint density at radius 2 is 2.39 bits per heavy atom. The van der Waals surface area contributed by atoms with Gasteiger partial charge in [0.1, 0.15) is 0 Å². The highest BCUT2D eigenvalue weighted by Gasteiger charge is 2.34. The van der Waals surface area contributed by atoms with Crippen molar-refractivity contribution >= 4 is 11.9 Å². The second kappa shape index (κ2) is 5.57. The largest absolute Gasteiger partial charge is 0.469 e. The zero-order chi connectivity index (χ0) is 13.0. The van der Waals surface area contributed by atoms with Crippen molar-refractivity contribution < 1.29 is 14.3 Å². The molecule has 18 heavy (non-hydrogen) atoms. The minimum absolute atomic E-state index is 0.00529. The third-order valence-electron chi connectivity index (χ3n) is 3.00. The predicted molar refractivity (Wildman–Crippen MR) is 62.4 cm³/mol. The standard InChI is InChI=1S/C12H15N3O3/c1-18-12(17)9-6-11(16)15(8-9)5-2-10-7-13-3-4-14-10/h3-4,7,9H,2,5-6,8H2,1H3. The van der Waals surface area contributed by atoms with Crippen LogP contribution in [0.2, 0.25) is 0 Å². The molecule has 96 valence electrons. The molecule has 1 atom stereocenters. The van der Waals surface area contributed by atoms with E-state index < -0.39 is 0 Å². The number of carbonyl (C=O) groups excluding carboxylic acids is 2. The number of amides is 1. The number of nitrogens with zero attached hydrogens (tertiary/aromatic N) is 3. The maximum atomic E-state index is 11.7. The van der Waals surface area contributed by atoms with Gasteiger partial charge in [-0.3, -0.25) is 19.6 Å². The van der Waals surface area contributed by atoms with Crippen LogP contribution in [-0.4, -0.2) is 46.9 Å². The van der Waals surface area contributed by atoms with Crippen LogP contribution in [0.1, 0.15) is 12.1 Å². The molecule has 0 spiro atoms. The average Bonchev–Trinajstić information content (AvgIpc) is 2.78. The van der Waals surface area contributed by atoms with Crippen LogP contribution < -0.4 is 0 Å². The Morgan fingerprint density at radius 1 is 1.56 bits per heavy atom. The highest BCUT2D eigenvalue weighted by molar-refractivity contribution is 5.86. The van der Waals surface area contributed by atoms with Gasteiger partial charge in [-0.25, -0.2) is 0 Å². The fourth-order valence-corrected chi connectivity index (χ4v) is 2.02. The SMILES string of the molecule is COC(=O)C1CC(=O)N(CCc2cnccn2)C1. The number of methoxy groups -OCH3 is 1. The van der Waals surface area contributed by atoms with Crippen molar-refractivity contribution in [1.82, 2.24) is 14.9 Å². The lowest BCUT2D eigenvalue weighted by Gasteiger charge is -2.15. The first-order valence-corrected chi connectivity index (χ1v) is 5.81. The van der Waals surface area contributed by atoms with Crippen molar-refractivity contribution in [2.45, 2.75) is 12.8 Å². The maximum Gasteiger partial charge on any atom is 0.310 e. The Balaban J connectivity index is 1.87. The van der Waals surface area contributed by atoms with Crippen LogP contribution in [0.4, 0.5) is 0 Å². The van der Waals surface area contributed by atoms with Crippen LogP contribution >= 0.6 is 0 Å². The zero-order valence-corrected chi connectivity index (χ0v) is 10.2. The molecule has 1 aliphatic heterocycles. The molecule has 1 amide bonds. The van der Waals surface area contributed by atoms with Gasteiger partial charge in [-0.15, -0.1) is 0 Å². The fourth-order valence-electron chi connectivity index (χ4n) is 2.02. The Bertz CT molecular complexity index is 435. The fraction of sp³-hybridized carbons (Fsp3) is 0.500. The lowest BCUT2D eigenvalue weighted by Crippen LogP contribution is -2.28. The molecular weight excluding hydrogens is 234 g/mol. The number of hydrogen-bond donors (Lipinski definition) is 0. The molecule has 6 nitrogen and oxygen atoms in total. The van der Waals surface area contributed by atoms with Crippen LogP contribution in [0.25, 0.3) is 0 Å².